The predicted octanol–water partition coefficient (Wildman–Crippen LogP) is 3.53. The van der Waals surface area contributed by atoms with Crippen LogP contribution in [0.1, 0.15) is 18.1 Å². The number of thiocarbonyl (C=S) groups is 1. The maximum absolute atomic E-state index is 12.9. The second-order valence-electron chi connectivity index (χ2n) is 5.73. The quantitative estimate of drug-likeness (QED) is 0.646. The first-order valence-electron chi connectivity index (χ1n) is 8.26. The molecule has 0 spiro atoms. The third kappa shape index (κ3) is 3.28. The summed E-state index contributed by atoms with van der Waals surface area (Å²) in [5.41, 5.74) is 3.12. The molecule has 0 saturated carbocycles. The van der Waals surface area contributed by atoms with Crippen LogP contribution in [0.4, 0.5) is 5.69 Å². The Balaban J connectivity index is 1.95. The van der Waals surface area contributed by atoms with Crippen LogP contribution in [0.5, 0.6) is 11.5 Å². The molecule has 2 aromatic carbocycles. The first-order chi connectivity index (χ1) is 12.6. The van der Waals surface area contributed by atoms with Crippen molar-refractivity contribution in [3.8, 4) is 11.5 Å². The van der Waals surface area contributed by atoms with Gasteiger partial charge in [-0.2, -0.15) is 0 Å². The molecule has 0 aliphatic carbocycles. The number of carbonyl (C=O) groups excluding carboxylic acids is 1. The molecule has 2 aromatic rings. The summed E-state index contributed by atoms with van der Waals surface area (Å²) >= 11 is 5.40. The average molecular weight is 368 g/mol. The summed E-state index contributed by atoms with van der Waals surface area (Å²) in [4.78, 5) is 14.5. The van der Waals surface area contributed by atoms with E-state index in [1.165, 1.54) is 0 Å². The van der Waals surface area contributed by atoms with Crippen molar-refractivity contribution < 1.29 is 14.3 Å². The Hall–Kier alpha value is -2.86. The summed E-state index contributed by atoms with van der Waals surface area (Å²) in [6.45, 7) is 2.05. The molecule has 1 aliphatic rings. The molecular weight excluding hydrogens is 348 g/mol. The number of rotatable bonds is 5. The van der Waals surface area contributed by atoms with E-state index in [-0.39, 0.29) is 5.91 Å². The van der Waals surface area contributed by atoms with Crippen LogP contribution in [0.2, 0.25) is 0 Å². The Labute approximate surface area is 158 Å². The van der Waals surface area contributed by atoms with Crippen LogP contribution in [-0.4, -0.2) is 25.2 Å². The minimum Gasteiger partial charge on any atom is -0.493 e. The van der Waals surface area contributed by atoms with Crippen molar-refractivity contribution in [3.05, 3.63) is 59.3 Å². The summed E-state index contributed by atoms with van der Waals surface area (Å²) in [7, 11) is 3.16. The summed E-state index contributed by atoms with van der Waals surface area (Å²) in [6.07, 6.45) is 2.57. The molecule has 5 nitrogen and oxygen atoms in total. The van der Waals surface area contributed by atoms with E-state index in [4.69, 9.17) is 21.7 Å². The standard InChI is InChI=1S/C20H20N2O3S/c1-4-14-7-5-6-8-16(14)22-19(23)15(21-20(22)26)11-13-9-10-17(24-2)18(12-13)25-3/h5-12H,4H2,1-3H3,(H,21,26). The topological polar surface area (TPSA) is 50.8 Å². The van der Waals surface area contributed by atoms with E-state index in [9.17, 15) is 4.79 Å². The van der Waals surface area contributed by atoms with Crippen molar-refractivity contribution >= 4 is 35.0 Å². The number of benzene rings is 2. The zero-order valence-corrected chi connectivity index (χ0v) is 15.7. The SMILES string of the molecule is CCc1ccccc1N1C(=O)C(=Cc2ccc(OC)c(OC)c2)NC1=S. The number of hydrogen-bond donors (Lipinski definition) is 1. The van der Waals surface area contributed by atoms with Gasteiger partial charge in [-0.1, -0.05) is 31.2 Å². The zero-order valence-electron chi connectivity index (χ0n) is 14.9. The Morgan fingerprint density at radius 1 is 1.12 bits per heavy atom. The zero-order chi connectivity index (χ0) is 18.7. The number of carbonyl (C=O) groups is 1. The normalized spacial score (nSPS) is 15.3. The lowest BCUT2D eigenvalue weighted by atomic mass is 10.1. The predicted molar refractivity (Wildman–Crippen MR) is 107 cm³/mol. The smallest absolute Gasteiger partial charge is 0.281 e. The van der Waals surface area contributed by atoms with Gasteiger partial charge in [-0.15, -0.1) is 0 Å². The highest BCUT2D eigenvalue weighted by molar-refractivity contribution is 7.80. The van der Waals surface area contributed by atoms with E-state index >= 15 is 0 Å². The van der Waals surface area contributed by atoms with Crippen molar-refractivity contribution in [3.63, 3.8) is 0 Å². The molecule has 1 N–H and O–H groups in total. The molecule has 1 saturated heterocycles. The summed E-state index contributed by atoms with van der Waals surface area (Å²) in [6, 6.07) is 13.2. The number of amides is 1. The van der Waals surface area contributed by atoms with E-state index in [1.807, 2.05) is 36.4 Å². The van der Waals surface area contributed by atoms with Gasteiger partial charge >= 0.3 is 0 Å². The monoisotopic (exact) mass is 368 g/mol. The van der Waals surface area contributed by atoms with Gasteiger partial charge in [0.1, 0.15) is 5.70 Å². The molecule has 0 atom stereocenters. The number of anilines is 1. The van der Waals surface area contributed by atoms with E-state index in [2.05, 4.69) is 12.2 Å². The van der Waals surface area contributed by atoms with E-state index in [0.717, 1.165) is 23.2 Å². The summed E-state index contributed by atoms with van der Waals surface area (Å²) in [5.74, 6) is 1.06. The van der Waals surface area contributed by atoms with Gasteiger partial charge in [0, 0.05) is 0 Å². The fraction of sp³-hybridized carbons (Fsp3) is 0.200. The van der Waals surface area contributed by atoms with Crippen LogP contribution in [0.15, 0.2) is 48.2 Å². The number of methoxy groups -OCH3 is 2. The third-order valence-electron chi connectivity index (χ3n) is 4.21. The van der Waals surface area contributed by atoms with E-state index in [1.54, 1.807) is 31.3 Å². The molecule has 3 rings (SSSR count). The van der Waals surface area contributed by atoms with Crippen LogP contribution in [0.25, 0.3) is 6.08 Å². The second kappa shape index (κ2) is 7.58. The molecule has 0 bridgehead atoms. The maximum Gasteiger partial charge on any atom is 0.281 e. The number of aryl methyl sites for hydroxylation is 1. The maximum atomic E-state index is 12.9. The highest BCUT2D eigenvalue weighted by atomic mass is 32.1. The van der Waals surface area contributed by atoms with Crippen LogP contribution < -0.4 is 19.7 Å². The lowest BCUT2D eigenvalue weighted by molar-refractivity contribution is -0.113. The molecule has 1 amide bonds. The minimum atomic E-state index is -0.175. The molecule has 1 aliphatic heterocycles. The average Bonchev–Trinajstić information content (AvgIpc) is 2.94. The third-order valence-corrected chi connectivity index (χ3v) is 4.49. The van der Waals surface area contributed by atoms with Crippen molar-refractivity contribution in [1.82, 2.24) is 5.32 Å². The molecule has 1 fully saturated rings. The van der Waals surface area contributed by atoms with E-state index in [0.29, 0.717) is 22.3 Å². The molecule has 6 heteroatoms. The first-order valence-corrected chi connectivity index (χ1v) is 8.67. The Kier molecular flexibility index (Phi) is 5.23. The molecular formula is C20H20N2O3S. The minimum absolute atomic E-state index is 0.175. The molecule has 1 heterocycles. The number of nitrogens with zero attached hydrogens (tertiary/aromatic N) is 1. The van der Waals surface area contributed by atoms with Crippen LogP contribution in [-0.2, 0) is 11.2 Å². The number of nitrogens with one attached hydrogen (secondary N) is 1. The first kappa shape index (κ1) is 17.9. The van der Waals surface area contributed by atoms with Crippen LogP contribution in [0, 0.1) is 0 Å². The Morgan fingerprint density at radius 3 is 2.54 bits per heavy atom. The van der Waals surface area contributed by atoms with Gasteiger partial charge in [0.05, 0.1) is 19.9 Å². The lowest BCUT2D eigenvalue weighted by Gasteiger charge is -2.17. The van der Waals surface area contributed by atoms with Crippen molar-refractivity contribution in [2.24, 2.45) is 0 Å². The van der Waals surface area contributed by atoms with Gasteiger partial charge in [-0.3, -0.25) is 9.69 Å². The summed E-state index contributed by atoms with van der Waals surface area (Å²) < 4.78 is 10.6. The lowest BCUT2D eigenvalue weighted by Crippen LogP contribution is -2.31. The Morgan fingerprint density at radius 2 is 1.85 bits per heavy atom. The van der Waals surface area contributed by atoms with Crippen molar-refractivity contribution in [2.45, 2.75) is 13.3 Å². The highest BCUT2D eigenvalue weighted by Crippen LogP contribution is 2.30. The molecule has 134 valence electrons. The fourth-order valence-electron chi connectivity index (χ4n) is 2.89. The van der Waals surface area contributed by atoms with Gasteiger partial charge < -0.3 is 14.8 Å². The molecule has 26 heavy (non-hydrogen) atoms. The van der Waals surface area contributed by atoms with Gasteiger partial charge in [0.25, 0.3) is 5.91 Å². The number of ether oxygens (including phenoxy) is 2. The van der Waals surface area contributed by atoms with Gasteiger partial charge in [0.2, 0.25) is 0 Å². The van der Waals surface area contributed by atoms with Gasteiger partial charge in [-0.05, 0) is 54.0 Å². The summed E-state index contributed by atoms with van der Waals surface area (Å²) in [5, 5.41) is 3.39. The molecule has 0 unspecified atom stereocenters. The second-order valence-corrected chi connectivity index (χ2v) is 6.11. The molecule has 0 aromatic heterocycles. The van der Waals surface area contributed by atoms with Crippen LogP contribution >= 0.6 is 12.2 Å². The van der Waals surface area contributed by atoms with Gasteiger partial charge in [0.15, 0.2) is 16.6 Å². The van der Waals surface area contributed by atoms with E-state index < -0.39 is 0 Å². The highest BCUT2D eigenvalue weighted by Gasteiger charge is 2.32. The van der Waals surface area contributed by atoms with Crippen molar-refractivity contribution in [2.75, 3.05) is 19.1 Å². The number of hydrogen-bond acceptors (Lipinski definition) is 4. The van der Waals surface area contributed by atoms with Gasteiger partial charge in [-0.25, -0.2) is 0 Å². The number of para-hydroxylation sites is 1. The largest absolute Gasteiger partial charge is 0.493 e. The molecule has 0 radical (unpaired) electrons. The van der Waals surface area contributed by atoms with Crippen LogP contribution in [0.3, 0.4) is 0 Å². The van der Waals surface area contributed by atoms with Crippen molar-refractivity contribution in [1.29, 1.82) is 0 Å². The Bertz CT molecular complexity index is 892. The fourth-order valence-corrected chi connectivity index (χ4v) is 3.18.